The zero-order chi connectivity index (χ0) is 23.6. The number of nitrogens with zero attached hydrogens (tertiary/aromatic N) is 3. The summed E-state index contributed by atoms with van der Waals surface area (Å²) in [5.74, 6) is 0.146. The van der Waals surface area contributed by atoms with E-state index in [2.05, 4.69) is 58.3 Å². The fourth-order valence-corrected chi connectivity index (χ4v) is 5.23. The number of rotatable bonds is 5. The number of hydrogen-bond donors (Lipinski definition) is 0. The van der Waals surface area contributed by atoms with E-state index in [4.69, 9.17) is 4.74 Å². The Hall–Kier alpha value is -2.37. The smallest absolute Gasteiger partial charge is 0.223 e. The van der Waals surface area contributed by atoms with Crippen LogP contribution < -0.4 is 9.80 Å². The zero-order valence-corrected chi connectivity index (χ0v) is 20.9. The van der Waals surface area contributed by atoms with Gasteiger partial charge in [-0.2, -0.15) is 0 Å². The molecule has 2 aliphatic heterocycles. The fraction of sp³-hybridized carbons (Fsp3) is 0.552. The Labute approximate surface area is 205 Å². The van der Waals surface area contributed by atoms with E-state index in [1.54, 1.807) is 6.92 Å². The van der Waals surface area contributed by atoms with Crippen molar-refractivity contribution in [3.8, 4) is 0 Å². The van der Waals surface area contributed by atoms with E-state index in [0.717, 1.165) is 77.4 Å². The van der Waals surface area contributed by atoms with Gasteiger partial charge in [0.05, 0.1) is 13.2 Å². The van der Waals surface area contributed by atoms with Gasteiger partial charge in [-0.1, -0.05) is 49.6 Å². The molecule has 5 heteroatoms. The van der Waals surface area contributed by atoms with Gasteiger partial charge in [-0.15, -0.1) is 0 Å². The standard InChI is InChI=1S/C29H41N3O2/c1-25(33)32-18-9-4-2-3-8-16-30(17-10-13-26-11-6-5-7-12-26)24-27-23-28(14-15-29(27)32)31-19-21-34-22-20-31/h5-7,11-12,14-15,23H,2-4,8-10,13,16-22,24H2,1H3. The molecular weight excluding hydrogens is 422 g/mol. The molecular formula is C29H41N3O2. The van der Waals surface area contributed by atoms with Gasteiger partial charge in [0.2, 0.25) is 5.91 Å². The van der Waals surface area contributed by atoms with Crippen molar-refractivity contribution in [2.24, 2.45) is 0 Å². The number of amides is 1. The Morgan fingerprint density at radius 1 is 0.882 bits per heavy atom. The van der Waals surface area contributed by atoms with Crippen molar-refractivity contribution < 1.29 is 9.53 Å². The van der Waals surface area contributed by atoms with Crippen LogP contribution in [0.2, 0.25) is 0 Å². The number of morpholine rings is 1. The normalized spacial score (nSPS) is 18.6. The molecule has 2 heterocycles. The van der Waals surface area contributed by atoms with Crippen molar-refractivity contribution in [3.05, 3.63) is 59.7 Å². The summed E-state index contributed by atoms with van der Waals surface area (Å²) >= 11 is 0. The Kier molecular flexibility index (Phi) is 9.40. The first-order chi connectivity index (χ1) is 16.7. The first-order valence-electron chi connectivity index (χ1n) is 13.2. The Morgan fingerprint density at radius 2 is 1.62 bits per heavy atom. The quantitative estimate of drug-likeness (QED) is 0.605. The highest BCUT2D eigenvalue weighted by atomic mass is 16.5. The van der Waals surface area contributed by atoms with Gasteiger partial charge in [0.25, 0.3) is 0 Å². The maximum Gasteiger partial charge on any atom is 0.223 e. The fourth-order valence-electron chi connectivity index (χ4n) is 5.23. The van der Waals surface area contributed by atoms with E-state index in [0.29, 0.717) is 0 Å². The van der Waals surface area contributed by atoms with Crippen LogP contribution in [0.4, 0.5) is 11.4 Å². The van der Waals surface area contributed by atoms with E-state index in [1.165, 1.54) is 42.5 Å². The Bertz CT molecular complexity index is 896. The highest BCUT2D eigenvalue weighted by Crippen LogP contribution is 2.29. The molecule has 0 aliphatic carbocycles. The van der Waals surface area contributed by atoms with E-state index in [-0.39, 0.29) is 5.91 Å². The maximum atomic E-state index is 12.7. The molecule has 0 aromatic heterocycles. The van der Waals surface area contributed by atoms with Gasteiger partial charge in [-0.3, -0.25) is 9.69 Å². The highest BCUT2D eigenvalue weighted by molar-refractivity contribution is 5.92. The average molecular weight is 464 g/mol. The Balaban J connectivity index is 1.56. The highest BCUT2D eigenvalue weighted by Gasteiger charge is 2.20. The Morgan fingerprint density at radius 3 is 2.38 bits per heavy atom. The van der Waals surface area contributed by atoms with E-state index < -0.39 is 0 Å². The topological polar surface area (TPSA) is 36.0 Å². The second kappa shape index (κ2) is 12.9. The summed E-state index contributed by atoms with van der Waals surface area (Å²) in [6, 6.07) is 17.5. The van der Waals surface area contributed by atoms with E-state index >= 15 is 0 Å². The second-order valence-electron chi connectivity index (χ2n) is 9.72. The number of hydrogen-bond acceptors (Lipinski definition) is 4. The molecule has 2 aliphatic rings. The van der Waals surface area contributed by atoms with Crippen LogP contribution in [-0.4, -0.2) is 56.7 Å². The minimum Gasteiger partial charge on any atom is -0.378 e. The van der Waals surface area contributed by atoms with Gasteiger partial charge < -0.3 is 14.5 Å². The number of fused-ring (bicyclic) bond motifs is 1. The molecule has 0 N–H and O–H groups in total. The van der Waals surface area contributed by atoms with Gasteiger partial charge in [-0.05, 0) is 68.1 Å². The zero-order valence-electron chi connectivity index (χ0n) is 20.9. The number of anilines is 2. The first kappa shape index (κ1) is 24.7. The monoisotopic (exact) mass is 463 g/mol. The molecule has 184 valence electrons. The lowest BCUT2D eigenvalue weighted by Gasteiger charge is -2.32. The average Bonchev–Trinajstić information content (AvgIpc) is 2.86. The van der Waals surface area contributed by atoms with Crippen molar-refractivity contribution in [2.75, 3.05) is 55.7 Å². The van der Waals surface area contributed by atoms with Gasteiger partial charge >= 0.3 is 0 Å². The lowest BCUT2D eigenvalue weighted by atomic mass is 10.0. The molecule has 0 spiro atoms. The molecule has 2 aromatic rings. The molecule has 0 unspecified atom stereocenters. The van der Waals surface area contributed by atoms with Gasteiger partial charge in [0, 0.05) is 44.5 Å². The van der Waals surface area contributed by atoms with Gasteiger partial charge in [0.15, 0.2) is 0 Å². The maximum absolute atomic E-state index is 12.7. The van der Waals surface area contributed by atoms with Gasteiger partial charge in [0.1, 0.15) is 0 Å². The van der Waals surface area contributed by atoms with Crippen LogP contribution in [0, 0.1) is 0 Å². The molecule has 1 fully saturated rings. The van der Waals surface area contributed by atoms with Crippen molar-refractivity contribution in [3.63, 3.8) is 0 Å². The predicted molar refractivity (Wildman–Crippen MR) is 141 cm³/mol. The van der Waals surface area contributed by atoms with Crippen LogP contribution >= 0.6 is 0 Å². The molecule has 2 aromatic carbocycles. The summed E-state index contributed by atoms with van der Waals surface area (Å²) in [6.45, 7) is 9.03. The number of aryl methyl sites for hydroxylation is 1. The van der Waals surface area contributed by atoms with Gasteiger partial charge in [-0.25, -0.2) is 0 Å². The van der Waals surface area contributed by atoms with Crippen LogP contribution in [0.5, 0.6) is 0 Å². The molecule has 5 nitrogen and oxygen atoms in total. The molecule has 0 radical (unpaired) electrons. The van der Waals surface area contributed by atoms with E-state index in [1.807, 2.05) is 4.90 Å². The molecule has 1 amide bonds. The number of ether oxygens (including phenoxy) is 1. The molecule has 4 rings (SSSR count). The molecule has 0 atom stereocenters. The number of carbonyl (C=O) groups excluding carboxylic acids is 1. The van der Waals surface area contributed by atoms with Crippen LogP contribution in [-0.2, 0) is 22.5 Å². The van der Waals surface area contributed by atoms with Crippen molar-refractivity contribution >= 4 is 17.3 Å². The first-order valence-corrected chi connectivity index (χ1v) is 13.2. The van der Waals surface area contributed by atoms with Crippen molar-refractivity contribution in [2.45, 2.75) is 58.4 Å². The van der Waals surface area contributed by atoms with E-state index in [9.17, 15) is 4.79 Å². The van der Waals surface area contributed by atoms with Crippen LogP contribution in [0.25, 0.3) is 0 Å². The molecule has 0 saturated carbocycles. The lowest BCUT2D eigenvalue weighted by molar-refractivity contribution is -0.116. The molecule has 0 bridgehead atoms. The third-order valence-electron chi connectivity index (χ3n) is 7.14. The summed E-state index contributed by atoms with van der Waals surface area (Å²) in [6.07, 6.45) is 8.31. The second-order valence-corrected chi connectivity index (χ2v) is 9.72. The number of carbonyl (C=O) groups is 1. The summed E-state index contributed by atoms with van der Waals surface area (Å²) in [5.41, 5.74) is 5.04. The SMILES string of the molecule is CC(=O)N1CCCCCCCN(CCCc2ccccc2)Cc2cc(N3CCOCC3)ccc21. The third kappa shape index (κ3) is 7.07. The number of benzene rings is 2. The summed E-state index contributed by atoms with van der Waals surface area (Å²) < 4.78 is 5.57. The summed E-state index contributed by atoms with van der Waals surface area (Å²) in [5, 5.41) is 0. The van der Waals surface area contributed by atoms with Crippen molar-refractivity contribution in [1.29, 1.82) is 0 Å². The summed E-state index contributed by atoms with van der Waals surface area (Å²) in [4.78, 5) is 19.7. The van der Waals surface area contributed by atoms with Crippen LogP contribution in [0.1, 0.15) is 56.6 Å². The summed E-state index contributed by atoms with van der Waals surface area (Å²) in [7, 11) is 0. The third-order valence-corrected chi connectivity index (χ3v) is 7.14. The minimum absolute atomic E-state index is 0.146. The minimum atomic E-state index is 0.146. The molecule has 34 heavy (non-hydrogen) atoms. The van der Waals surface area contributed by atoms with Crippen LogP contribution in [0.3, 0.4) is 0 Å². The molecule has 1 saturated heterocycles. The van der Waals surface area contributed by atoms with Crippen LogP contribution in [0.15, 0.2) is 48.5 Å². The van der Waals surface area contributed by atoms with Crippen molar-refractivity contribution in [1.82, 2.24) is 4.90 Å². The largest absolute Gasteiger partial charge is 0.378 e. The lowest BCUT2D eigenvalue weighted by Crippen LogP contribution is -2.37. The predicted octanol–water partition coefficient (Wildman–Crippen LogP) is 5.28.